The fraction of sp³-hybridized carbons (Fsp3) is 0.231. The summed E-state index contributed by atoms with van der Waals surface area (Å²) in [4.78, 5) is 22.0. The van der Waals surface area contributed by atoms with E-state index < -0.39 is 16.9 Å². The molecule has 1 aromatic heterocycles. The summed E-state index contributed by atoms with van der Waals surface area (Å²) in [6, 6.07) is 7.42. The number of carboxylic acid groups (broad SMARTS) is 1. The fourth-order valence-electron chi connectivity index (χ4n) is 2.19. The molecule has 1 unspecified atom stereocenters. The number of aliphatic carboxylic acids is 1. The minimum atomic E-state index is -1.11. The lowest BCUT2D eigenvalue weighted by Crippen LogP contribution is -2.22. The average molecular weight is 275 g/mol. The molecule has 104 valence electrons. The van der Waals surface area contributed by atoms with Gasteiger partial charge in [0.25, 0.3) is 0 Å². The molecule has 7 heteroatoms. The lowest BCUT2D eigenvalue weighted by Gasteiger charge is -2.14. The van der Waals surface area contributed by atoms with Gasteiger partial charge in [0.2, 0.25) is 0 Å². The van der Waals surface area contributed by atoms with Gasteiger partial charge in [0.15, 0.2) is 6.04 Å². The van der Waals surface area contributed by atoms with Crippen molar-refractivity contribution in [2.45, 2.75) is 19.9 Å². The predicted molar refractivity (Wildman–Crippen MR) is 70.6 cm³/mol. The molecule has 0 spiro atoms. The van der Waals surface area contributed by atoms with Gasteiger partial charge in [0, 0.05) is 0 Å². The van der Waals surface area contributed by atoms with Crippen molar-refractivity contribution in [2.24, 2.45) is 0 Å². The normalized spacial score (nSPS) is 12.1. The van der Waals surface area contributed by atoms with Crippen LogP contribution in [0.15, 0.2) is 30.3 Å². The number of nitrogens with zero attached hydrogens (tertiary/aromatic N) is 3. The van der Waals surface area contributed by atoms with Crippen LogP contribution < -0.4 is 0 Å². The van der Waals surface area contributed by atoms with Crippen molar-refractivity contribution in [1.82, 2.24) is 9.78 Å². The average Bonchev–Trinajstić information content (AvgIpc) is 2.66. The third-order valence-electron chi connectivity index (χ3n) is 3.06. The van der Waals surface area contributed by atoms with Crippen molar-refractivity contribution in [1.29, 1.82) is 0 Å². The molecule has 0 fully saturated rings. The van der Waals surface area contributed by atoms with Gasteiger partial charge < -0.3 is 5.11 Å². The van der Waals surface area contributed by atoms with Crippen molar-refractivity contribution < 1.29 is 14.8 Å². The Morgan fingerprint density at radius 3 is 2.40 bits per heavy atom. The van der Waals surface area contributed by atoms with Gasteiger partial charge >= 0.3 is 11.7 Å². The first-order valence-electron chi connectivity index (χ1n) is 5.91. The first kappa shape index (κ1) is 13.7. The van der Waals surface area contributed by atoms with Gasteiger partial charge in [-0.25, -0.2) is 9.48 Å². The summed E-state index contributed by atoms with van der Waals surface area (Å²) in [7, 11) is 0. The molecule has 2 rings (SSSR count). The largest absolute Gasteiger partial charge is 0.479 e. The minimum Gasteiger partial charge on any atom is -0.479 e. The van der Waals surface area contributed by atoms with Crippen LogP contribution in [0.3, 0.4) is 0 Å². The maximum absolute atomic E-state index is 11.5. The second kappa shape index (κ2) is 5.12. The van der Waals surface area contributed by atoms with Crippen LogP contribution in [0.4, 0.5) is 5.69 Å². The van der Waals surface area contributed by atoms with Gasteiger partial charge in [-0.1, -0.05) is 30.3 Å². The Hall–Kier alpha value is -2.70. The van der Waals surface area contributed by atoms with E-state index in [0.29, 0.717) is 5.56 Å². The molecule has 0 bridgehead atoms. The molecule has 7 nitrogen and oxygen atoms in total. The van der Waals surface area contributed by atoms with E-state index in [2.05, 4.69) is 5.10 Å². The molecule has 0 radical (unpaired) electrons. The number of nitro groups is 1. The molecule has 1 atom stereocenters. The van der Waals surface area contributed by atoms with Gasteiger partial charge in [-0.3, -0.25) is 10.1 Å². The lowest BCUT2D eigenvalue weighted by atomic mass is 10.1. The van der Waals surface area contributed by atoms with E-state index in [4.69, 9.17) is 0 Å². The van der Waals surface area contributed by atoms with Crippen LogP contribution >= 0.6 is 0 Å². The van der Waals surface area contributed by atoms with Crippen molar-refractivity contribution in [3.05, 3.63) is 57.4 Å². The quantitative estimate of drug-likeness (QED) is 0.680. The zero-order valence-electron chi connectivity index (χ0n) is 11.0. The molecule has 0 saturated carbocycles. The van der Waals surface area contributed by atoms with E-state index in [1.165, 1.54) is 18.5 Å². The summed E-state index contributed by atoms with van der Waals surface area (Å²) in [5.41, 5.74) is 0.797. The van der Waals surface area contributed by atoms with E-state index in [1.807, 2.05) is 0 Å². The summed E-state index contributed by atoms with van der Waals surface area (Å²) in [6.45, 7) is 2.99. The van der Waals surface area contributed by atoms with Crippen LogP contribution in [-0.2, 0) is 4.79 Å². The van der Waals surface area contributed by atoms with Gasteiger partial charge in [0.05, 0.1) is 4.92 Å². The first-order valence-corrected chi connectivity index (χ1v) is 5.91. The Kier molecular flexibility index (Phi) is 3.51. The molecular formula is C13H13N3O4. The number of aryl methyl sites for hydroxylation is 1. The standard InChI is InChI=1S/C13H13N3O4/c1-8-11(16(19)20)9(2)15(14-8)12(13(17)18)10-6-4-3-5-7-10/h3-7,12H,1-2H3,(H,17,18). The predicted octanol–water partition coefficient (Wildman–Crippen LogP) is 2.08. The maximum atomic E-state index is 11.5. The highest BCUT2D eigenvalue weighted by Crippen LogP contribution is 2.27. The zero-order chi connectivity index (χ0) is 14.9. The Morgan fingerprint density at radius 1 is 1.35 bits per heavy atom. The summed E-state index contributed by atoms with van der Waals surface area (Å²) >= 11 is 0. The van der Waals surface area contributed by atoms with Crippen LogP contribution in [0.5, 0.6) is 0 Å². The minimum absolute atomic E-state index is 0.146. The number of hydrogen-bond acceptors (Lipinski definition) is 4. The van der Waals surface area contributed by atoms with E-state index >= 15 is 0 Å². The Morgan fingerprint density at radius 2 is 1.95 bits per heavy atom. The molecule has 0 amide bonds. The summed E-state index contributed by atoms with van der Waals surface area (Å²) in [5.74, 6) is -1.11. The monoisotopic (exact) mass is 275 g/mol. The highest BCUT2D eigenvalue weighted by molar-refractivity contribution is 5.76. The molecule has 1 N–H and O–H groups in total. The first-order chi connectivity index (χ1) is 9.43. The third kappa shape index (κ3) is 2.25. The van der Waals surface area contributed by atoms with Crippen molar-refractivity contribution in [2.75, 3.05) is 0 Å². The molecule has 1 heterocycles. The topological polar surface area (TPSA) is 98.3 Å². The van der Waals surface area contributed by atoms with E-state index in [-0.39, 0.29) is 17.1 Å². The molecule has 0 aliphatic heterocycles. The molecule has 20 heavy (non-hydrogen) atoms. The second-order valence-corrected chi connectivity index (χ2v) is 4.37. The molecular weight excluding hydrogens is 262 g/mol. The molecule has 1 aromatic carbocycles. The van der Waals surface area contributed by atoms with Crippen LogP contribution in [0, 0.1) is 24.0 Å². The Bertz CT molecular complexity index is 664. The molecule has 0 aliphatic carbocycles. The number of rotatable bonds is 4. The van der Waals surface area contributed by atoms with Crippen LogP contribution in [0.25, 0.3) is 0 Å². The maximum Gasteiger partial charge on any atom is 0.333 e. The van der Waals surface area contributed by atoms with Crippen molar-refractivity contribution in [3.63, 3.8) is 0 Å². The summed E-state index contributed by atoms with van der Waals surface area (Å²) < 4.78 is 1.19. The van der Waals surface area contributed by atoms with Crippen molar-refractivity contribution in [3.8, 4) is 0 Å². The number of carboxylic acids is 1. The summed E-state index contributed by atoms with van der Waals surface area (Å²) in [5, 5.41) is 24.4. The fourth-order valence-corrected chi connectivity index (χ4v) is 2.19. The van der Waals surface area contributed by atoms with E-state index in [0.717, 1.165) is 0 Å². The highest BCUT2D eigenvalue weighted by atomic mass is 16.6. The summed E-state index contributed by atoms with van der Waals surface area (Å²) in [6.07, 6.45) is 0. The lowest BCUT2D eigenvalue weighted by molar-refractivity contribution is -0.386. The Labute approximate surface area is 114 Å². The van der Waals surface area contributed by atoms with Crippen LogP contribution in [0.1, 0.15) is 23.0 Å². The van der Waals surface area contributed by atoms with E-state index in [9.17, 15) is 20.0 Å². The zero-order valence-corrected chi connectivity index (χ0v) is 11.0. The van der Waals surface area contributed by atoms with Gasteiger partial charge in [0.1, 0.15) is 11.4 Å². The van der Waals surface area contributed by atoms with Crippen LogP contribution in [-0.4, -0.2) is 25.8 Å². The Balaban J connectivity index is 2.60. The number of carbonyl (C=O) groups is 1. The third-order valence-corrected chi connectivity index (χ3v) is 3.06. The number of hydrogen-bond donors (Lipinski definition) is 1. The number of benzene rings is 1. The van der Waals surface area contributed by atoms with Crippen LogP contribution in [0.2, 0.25) is 0 Å². The SMILES string of the molecule is Cc1nn(C(C(=O)O)c2ccccc2)c(C)c1[N+](=O)[O-]. The smallest absolute Gasteiger partial charge is 0.333 e. The van der Waals surface area contributed by atoms with Gasteiger partial charge in [-0.05, 0) is 19.4 Å². The molecule has 0 aliphatic rings. The number of aromatic nitrogens is 2. The van der Waals surface area contributed by atoms with Crippen molar-refractivity contribution >= 4 is 11.7 Å². The highest BCUT2D eigenvalue weighted by Gasteiger charge is 2.30. The molecule has 0 saturated heterocycles. The van der Waals surface area contributed by atoms with E-state index in [1.54, 1.807) is 30.3 Å². The van der Waals surface area contributed by atoms with Gasteiger partial charge in [-0.15, -0.1) is 0 Å². The van der Waals surface area contributed by atoms with Gasteiger partial charge in [-0.2, -0.15) is 5.10 Å². The second-order valence-electron chi connectivity index (χ2n) is 4.37. The molecule has 2 aromatic rings.